The Labute approximate surface area is 132 Å². The summed E-state index contributed by atoms with van der Waals surface area (Å²) < 4.78 is 37.8. The molecule has 0 heterocycles. The third-order valence-corrected chi connectivity index (χ3v) is 5.40. The minimum absolute atomic E-state index is 0.152. The first-order valence-electron chi connectivity index (χ1n) is 8.73. The maximum atomic E-state index is 12.6. The second kappa shape index (κ2) is 8.09. The minimum Gasteiger partial charge on any atom is -0.171 e. The van der Waals surface area contributed by atoms with Crippen molar-refractivity contribution in [2.75, 3.05) is 0 Å². The summed E-state index contributed by atoms with van der Waals surface area (Å²) in [5, 5.41) is 0. The number of hydrogen-bond acceptors (Lipinski definition) is 0. The van der Waals surface area contributed by atoms with Crippen molar-refractivity contribution in [2.24, 2.45) is 23.7 Å². The fourth-order valence-corrected chi connectivity index (χ4v) is 3.70. The van der Waals surface area contributed by atoms with E-state index < -0.39 is 12.1 Å². The Morgan fingerprint density at radius 3 is 2.14 bits per heavy atom. The van der Waals surface area contributed by atoms with Crippen LogP contribution in [0.15, 0.2) is 12.2 Å². The first-order valence-corrected chi connectivity index (χ1v) is 8.73. The van der Waals surface area contributed by atoms with Crippen LogP contribution in [-0.4, -0.2) is 6.18 Å². The molecule has 0 unspecified atom stereocenters. The molecule has 124 valence electrons. The molecule has 0 radical (unpaired) electrons. The largest absolute Gasteiger partial charge is 0.391 e. The number of alkyl halides is 3. The quantitative estimate of drug-likeness (QED) is 0.538. The van der Waals surface area contributed by atoms with E-state index in [0.29, 0.717) is 18.8 Å². The molecule has 0 N–H and O–H groups in total. The standard InChI is InChI=1S/C19H27F3/c1-2-15-7-9-16(10-8-15)5-3-4-6-17-11-13-18(14-12-17)19(20,21)22/h3,5,15-18H,2,7-14H2,1H3/t15-,16-,17-,18-. The van der Waals surface area contributed by atoms with Crippen molar-refractivity contribution >= 4 is 0 Å². The van der Waals surface area contributed by atoms with E-state index in [1.54, 1.807) is 0 Å². The molecule has 0 saturated heterocycles. The Hall–Kier alpha value is -0.910. The van der Waals surface area contributed by atoms with Gasteiger partial charge in [0.1, 0.15) is 0 Å². The summed E-state index contributed by atoms with van der Waals surface area (Å²) in [5.41, 5.74) is 0. The van der Waals surface area contributed by atoms with E-state index in [2.05, 4.69) is 24.8 Å². The molecule has 2 rings (SSSR count). The fourth-order valence-electron chi connectivity index (χ4n) is 3.70. The van der Waals surface area contributed by atoms with Crippen molar-refractivity contribution in [1.82, 2.24) is 0 Å². The van der Waals surface area contributed by atoms with Gasteiger partial charge in [-0.15, -0.1) is 0 Å². The van der Waals surface area contributed by atoms with Crippen LogP contribution in [0.25, 0.3) is 0 Å². The van der Waals surface area contributed by atoms with Gasteiger partial charge in [-0.3, -0.25) is 0 Å². The van der Waals surface area contributed by atoms with Crippen LogP contribution in [0, 0.1) is 35.5 Å². The molecule has 0 aromatic rings. The van der Waals surface area contributed by atoms with Crippen LogP contribution in [0.1, 0.15) is 64.7 Å². The Morgan fingerprint density at radius 1 is 0.955 bits per heavy atom. The minimum atomic E-state index is -4.02. The number of rotatable bonds is 2. The van der Waals surface area contributed by atoms with Gasteiger partial charge >= 0.3 is 6.18 Å². The maximum Gasteiger partial charge on any atom is 0.391 e. The molecular weight excluding hydrogens is 285 g/mol. The molecule has 0 aromatic heterocycles. The van der Waals surface area contributed by atoms with Crippen molar-refractivity contribution in [3.05, 3.63) is 12.2 Å². The molecule has 0 bridgehead atoms. The molecule has 2 aliphatic carbocycles. The summed E-state index contributed by atoms with van der Waals surface area (Å²) in [7, 11) is 0. The lowest BCUT2D eigenvalue weighted by atomic mass is 9.80. The van der Waals surface area contributed by atoms with Crippen LogP contribution in [0.2, 0.25) is 0 Å². The Kier molecular flexibility index (Phi) is 6.41. The van der Waals surface area contributed by atoms with Gasteiger partial charge in [0, 0.05) is 5.92 Å². The topological polar surface area (TPSA) is 0 Å². The van der Waals surface area contributed by atoms with Gasteiger partial charge in [0.05, 0.1) is 5.92 Å². The highest BCUT2D eigenvalue weighted by Gasteiger charge is 2.41. The van der Waals surface area contributed by atoms with E-state index in [9.17, 15) is 13.2 Å². The Balaban J connectivity index is 1.70. The van der Waals surface area contributed by atoms with Crippen molar-refractivity contribution in [3.8, 4) is 11.8 Å². The molecule has 0 spiro atoms. The van der Waals surface area contributed by atoms with Crippen molar-refractivity contribution in [2.45, 2.75) is 70.9 Å². The van der Waals surface area contributed by atoms with E-state index in [-0.39, 0.29) is 18.8 Å². The molecule has 0 amide bonds. The lowest BCUT2D eigenvalue weighted by Gasteiger charge is -2.27. The van der Waals surface area contributed by atoms with Crippen molar-refractivity contribution < 1.29 is 13.2 Å². The molecule has 0 aromatic carbocycles. The van der Waals surface area contributed by atoms with E-state index in [1.807, 2.05) is 6.08 Å². The Bertz CT molecular complexity index is 408. The van der Waals surface area contributed by atoms with Gasteiger partial charge in [-0.05, 0) is 69.3 Å². The smallest absolute Gasteiger partial charge is 0.171 e. The summed E-state index contributed by atoms with van der Waals surface area (Å²) in [4.78, 5) is 0. The summed E-state index contributed by atoms with van der Waals surface area (Å²) >= 11 is 0. The zero-order valence-corrected chi connectivity index (χ0v) is 13.5. The van der Waals surface area contributed by atoms with E-state index in [1.165, 1.54) is 32.1 Å². The third-order valence-electron chi connectivity index (χ3n) is 5.40. The molecule has 0 aliphatic heterocycles. The van der Waals surface area contributed by atoms with Gasteiger partial charge < -0.3 is 0 Å². The summed E-state index contributed by atoms with van der Waals surface area (Å²) in [5.74, 6) is 6.82. The van der Waals surface area contributed by atoms with Crippen LogP contribution in [0.3, 0.4) is 0 Å². The zero-order valence-electron chi connectivity index (χ0n) is 13.5. The highest BCUT2D eigenvalue weighted by Crippen LogP contribution is 2.39. The third kappa shape index (κ3) is 5.38. The Morgan fingerprint density at radius 2 is 1.59 bits per heavy atom. The number of allylic oxidation sites excluding steroid dienone is 2. The average molecular weight is 312 g/mol. The molecule has 2 fully saturated rings. The highest BCUT2D eigenvalue weighted by atomic mass is 19.4. The molecule has 3 heteroatoms. The van der Waals surface area contributed by atoms with Gasteiger partial charge in [-0.25, -0.2) is 0 Å². The molecule has 2 aliphatic rings. The first kappa shape index (κ1) is 17.4. The van der Waals surface area contributed by atoms with Crippen LogP contribution >= 0.6 is 0 Å². The highest BCUT2D eigenvalue weighted by molar-refractivity contribution is 5.18. The maximum absolute atomic E-state index is 12.6. The van der Waals surface area contributed by atoms with Crippen LogP contribution in [-0.2, 0) is 0 Å². The van der Waals surface area contributed by atoms with E-state index >= 15 is 0 Å². The summed E-state index contributed by atoms with van der Waals surface area (Å²) in [6, 6.07) is 0. The van der Waals surface area contributed by atoms with Crippen LogP contribution in [0.4, 0.5) is 13.2 Å². The molecular formula is C19H27F3. The number of halogens is 3. The van der Waals surface area contributed by atoms with Gasteiger partial charge in [0.15, 0.2) is 0 Å². The second-order valence-electron chi connectivity index (χ2n) is 6.93. The zero-order chi connectivity index (χ0) is 16.0. The van der Waals surface area contributed by atoms with Crippen molar-refractivity contribution in [1.29, 1.82) is 0 Å². The summed E-state index contributed by atoms with van der Waals surface area (Å²) in [6.07, 6.45) is 8.24. The lowest BCUT2D eigenvalue weighted by Crippen LogP contribution is -2.27. The number of hydrogen-bond donors (Lipinski definition) is 0. The normalized spacial score (nSPS) is 33.5. The first-order chi connectivity index (χ1) is 10.5. The SMILES string of the molecule is CC[C@H]1CC[C@H](C=CC#C[C@H]2CC[C@H](C(F)(F)F)CC2)CC1. The lowest BCUT2D eigenvalue weighted by molar-refractivity contribution is -0.182. The van der Waals surface area contributed by atoms with E-state index in [4.69, 9.17) is 0 Å². The monoisotopic (exact) mass is 312 g/mol. The average Bonchev–Trinajstić information content (AvgIpc) is 2.52. The van der Waals surface area contributed by atoms with Gasteiger partial charge in [0.25, 0.3) is 0 Å². The van der Waals surface area contributed by atoms with Gasteiger partial charge in [-0.1, -0.05) is 31.3 Å². The molecule has 0 nitrogen and oxygen atoms in total. The van der Waals surface area contributed by atoms with Crippen LogP contribution < -0.4 is 0 Å². The molecule has 2 saturated carbocycles. The van der Waals surface area contributed by atoms with Crippen LogP contribution in [0.5, 0.6) is 0 Å². The predicted octanol–water partition coefficient (Wildman–Crippen LogP) is 6.13. The second-order valence-corrected chi connectivity index (χ2v) is 6.93. The van der Waals surface area contributed by atoms with Gasteiger partial charge in [0.2, 0.25) is 0 Å². The van der Waals surface area contributed by atoms with E-state index in [0.717, 1.165) is 5.92 Å². The summed E-state index contributed by atoms with van der Waals surface area (Å²) in [6.45, 7) is 2.26. The fraction of sp³-hybridized carbons (Fsp3) is 0.789. The molecule has 0 atom stereocenters. The predicted molar refractivity (Wildman–Crippen MR) is 84.2 cm³/mol. The van der Waals surface area contributed by atoms with Gasteiger partial charge in [-0.2, -0.15) is 13.2 Å². The molecule has 22 heavy (non-hydrogen) atoms. The van der Waals surface area contributed by atoms with Crippen molar-refractivity contribution in [3.63, 3.8) is 0 Å².